The fraction of sp³-hybridized carbons (Fsp3) is 0.667. The number of nitrogen functional groups attached to an aromatic ring is 1. The molecule has 0 aliphatic heterocycles. The Balaban J connectivity index is 2.08. The van der Waals surface area contributed by atoms with E-state index in [-0.39, 0.29) is 18.8 Å². The van der Waals surface area contributed by atoms with Crippen molar-refractivity contribution in [1.29, 1.82) is 0 Å². The molecule has 1 fully saturated rings. The Labute approximate surface area is 120 Å². The van der Waals surface area contributed by atoms with Gasteiger partial charge in [0.2, 0.25) is 5.88 Å². The second-order valence-corrected chi connectivity index (χ2v) is 5.74. The number of aliphatic hydroxyl groups is 1. The van der Waals surface area contributed by atoms with Crippen molar-refractivity contribution in [2.75, 3.05) is 17.7 Å². The Morgan fingerprint density at radius 2 is 2.15 bits per heavy atom. The van der Waals surface area contributed by atoms with Gasteiger partial charge in [-0.3, -0.25) is 0 Å². The standard InChI is InChI=1S/C15H25N3O2/c1-10(2)20-15-12(16)7-8-14(18-15)17-13-6-4-3-5-11(13)9-19/h7-8,10-11,13,19H,3-6,9,16H2,1-2H3,(H,17,18). The summed E-state index contributed by atoms with van der Waals surface area (Å²) in [6.07, 6.45) is 4.56. The van der Waals surface area contributed by atoms with E-state index in [2.05, 4.69) is 10.3 Å². The lowest BCUT2D eigenvalue weighted by atomic mass is 9.85. The monoisotopic (exact) mass is 279 g/mol. The summed E-state index contributed by atoms with van der Waals surface area (Å²) in [6, 6.07) is 3.95. The second-order valence-electron chi connectivity index (χ2n) is 5.74. The van der Waals surface area contributed by atoms with Gasteiger partial charge in [-0.15, -0.1) is 0 Å². The van der Waals surface area contributed by atoms with E-state index in [9.17, 15) is 5.11 Å². The van der Waals surface area contributed by atoms with E-state index in [4.69, 9.17) is 10.5 Å². The number of aromatic nitrogens is 1. The summed E-state index contributed by atoms with van der Waals surface area (Å²) < 4.78 is 5.60. The van der Waals surface area contributed by atoms with Gasteiger partial charge in [-0.1, -0.05) is 12.8 Å². The lowest BCUT2D eigenvalue weighted by Crippen LogP contribution is -2.34. The van der Waals surface area contributed by atoms with Crippen LogP contribution in [-0.2, 0) is 0 Å². The highest BCUT2D eigenvalue weighted by molar-refractivity contribution is 5.54. The summed E-state index contributed by atoms with van der Waals surface area (Å²) >= 11 is 0. The van der Waals surface area contributed by atoms with E-state index in [1.807, 2.05) is 26.0 Å². The lowest BCUT2D eigenvalue weighted by molar-refractivity contribution is 0.178. The maximum absolute atomic E-state index is 9.45. The first-order valence-electron chi connectivity index (χ1n) is 7.40. The topological polar surface area (TPSA) is 80.4 Å². The molecule has 5 heteroatoms. The fourth-order valence-electron chi connectivity index (χ4n) is 2.66. The van der Waals surface area contributed by atoms with Crippen molar-refractivity contribution < 1.29 is 9.84 Å². The third-order valence-corrected chi connectivity index (χ3v) is 3.71. The van der Waals surface area contributed by atoms with Gasteiger partial charge in [-0.2, -0.15) is 4.98 Å². The van der Waals surface area contributed by atoms with Crippen LogP contribution in [0, 0.1) is 5.92 Å². The van der Waals surface area contributed by atoms with Crippen LogP contribution in [0.25, 0.3) is 0 Å². The number of nitrogens with zero attached hydrogens (tertiary/aromatic N) is 1. The van der Waals surface area contributed by atoms with Gasteiger partial charge in [0.1, 0.15) is 5.82 Å². The van der Waals surface area contributed by atoms with E-state index in [0.717, 1.165) is 18.7 Å². The summed E-state index contributed by atoms with van der Waals surface area (Å²) in [5.74, 6) is 1.54. The number of ether oxygens (including phenoxy) is 1. The van der Waals surface area contributed by atoms with Gasteiger partial charge in [0.15, 0.2) is 0 Å². The van der Waals surface area contributed by atoms with Crippen molar-refractivity contribution in [1.82, 2.24) is 4.98 Å². The van der Waals surface area contributed by atoms with Crippen LogP contribution in [0.4, 0.5) is 11.5 Å². The van der Waals surface area contributed by atoms with Crippen LogP contribution in [0.2, 0.25) is 0 Å². The molecule has 0 radical (unpaired) electrons. The van der Waals surface area contributed by atoms with Crippen molar-refractivity contribution >= 4 is 11.5 Å². The Bertz CT molecular complexity index is 437. The van der Waals surface area contributed by atoms with Gasteiger partial charge in [0.05, 0.1) is 11.8 Å². The Morgan fingerprint density at radius 1 is 1.40 bits per heavy atom. The molecule has 0 bridgehead atoms. The largest absolute Gasteiger partial charge is 0.473 e. The molecule has 2 rings (SSSR count). The minimum absolute atomic E-state index is 0.0416. The molecule has 5 nitrogen and oxygen atoms in total. The number of hydrogen-bond acceptors (Lipinski definition) is 5. The van der Waals surface area contributed by atoms with Crippen molar-refractivity contribution in [2.45, 2.75) is 51.7 Å². The first kappa shape index (κ1) is 14.9. The molecule has 4 N–H and O–H groups in total. The molecule has 1 saturated carbocycles. The zero-order chi connectivity index (χ0) is 14.5. The van der Waals surface area contributed by atoms with Crippen molar-refractivity contribution in [3.05, 3.63) is 12.1 Å². The van der Waals surface area contributed by atoms with Gasteiger partial charge in [-0.25, -0.2) is 0 Å². The highest BCUT2D eigenvalue weighted by Crippen LogP contribution is 2.28. The predicted molar refractivity (Wildman–Crippen MR) is 80.9 cm³/mol. The third kappa shape index (κ3) is 3.76. The zero-order valence-electron chi connectivity index (χ0n) is 12.3. The van der Waals surface area contributed by atoms with Crippen LogP contribution >= 0.6 is 0 Å². The van der Waals surface area contributed by atoms with Gasteiger partial charge < -0.3 is 20.9 Å². The molecule has 1 heterocycles. The quantitative estimate of drug-likeness (QED) is 0.771. The van der Waals surface area contributed by atoms with Crippen LogP contribution in [0.5, 0.6) is 5.88 Å². The summed E-state index contributed by atoms with van der Waals surface area (Å²) in [5.41, 5.74) is 6.42. The molecule has 0 aromatic carbocycles. The van der Waals surface area contributed by atoms with Gasteiger partial charge in [0.25, 0.3) is 0 Å². The van der Waals surface area contributed by atoms with Gasteiger partial charge in [-0.05, 0) is 38.8 Å². The average molecular weight is 279 g/mol. The fourth-order valence-corrected chi connectivity index (χ4v) is 2.66. The molecule has 0 amide bonds. The number of nitrogens with two attached hydrogens (primary N) is 1. The van der Waals surface area contributed by atoms with Gasteiger partial charge >= 0.3 is 0 Å². The second kappa shape index (κ2) is 6.79. The molecule has 0 saturated heterocycles. The zero-order valence-corrected chi connectivity index (χ0v) is 12.3. The summed E-state index contributed by atoms with van der Waals surface area (Å²) in [4.78, 5) is 4.44. The lowest BCUT2D eigenvalue weighted by Gasteiger charge is -2.31. The predicted octanol–water partition coefficient (Wildman–Crippen LogP) is 2.41. The van der Waals surface area contributed by atoms with E-state index in [1.54, 1.807) is 0 Å². The van der Waals surface area contributed by atoms with E-state index >= 15 is 0 Å². The summed E-state index contributed by atoms with van der Waals surface area (Å²) in [5, 5.41) is 12.9. The summed E-state index contributed by atoms with van der Waals surface area (Å²) in [6.45, 7) is 4.12. The number of rotatable bonds is 5. The van der Waals surface area contributed by atoms with Crippen LogP contribution in [-0.4, -0.2) is 28.8 Å². The van der Waals surface area contributed by atoms with E-state index in [0.29, 0.717) is 17.5 Å². The maximum Gasteiger partial charge on any atom is 0.239 e. The molecular weight excluding hydrogens is 254 g/mol. The molecule has 2 atom stereocenters. The molecule has 2 unspecified atom stereocenters. The highest BCUT2D eigenvalue weighted by Gasteiger charge is 2.24. The van der Waals surface area contributed by atoms with Gasteiger partial charge in [0, 0.05) is 18.6 Å². The molecular formula is C15H25N3O2. The van der Waals surface area contributed by atoms with Crippen molar-refractivity contribution in [3.8, 4) is 5.88 Å². The smallest absolute Gasteiger partial charge is 0.239 e. The number of aliphatic hydroxyl groups excluding tert-OH is 1. The highest BCUT2D eigenvalue weighted by atomic mass is 16.5. The van der Waals surface area contributed by atoms with Crippen molar-refractivity contribution in [2.24, 2.45) is 5.92 Å². The molecule has 1 aromatic heterocycles. The number of pyridine rings is 1. The Morgan fingerprint density at radius 3 is 2.85 bits per heavy atom. The van der Waals surface area contributed by atoms with Crippen LogP contribution < -0.4 is 15.8 Å². The minimum Gasteiger partial charge on any atom is -0.473 e. The van der Waals surface area contributed by atoms with Crippen LogP contribution in [0.15, 0.2) is 12.1 Å². The average Bonchev–Trinajstić information content (AvgIpc) is 2.42. The third-order valence-electron chi connectivity index (χ3n) is 3.71. The molecule has 0 spiro atoms. The van der Waals surface area contributed by atoms with Crippen molar-refractivity contribution in [3.63, 3.8) is 0 Å². The molecule has 1 aliphatic carbocycles. The van der Waals surface area contributed by atoms with Crippen LogP contribution in [0.1, 0.15) is 39.5 Å². The first-order valence-corrected chi connectivity index (χ1v) is 7.40. The minimum atomic E-state index is 0.0416. The normalized spacial score (nSPS) is 22.8. The molecule has 1 aliphatic rings. The SMILES string of the molecule is CC(C)Oc1nc(NC2CCCCC2CO)ccc1N. The molecule has 112 valence electrons. The number of nitrogens with one attached hydrogen (secondary N) is 1. The Hall–Kier alpha value is -1.49. The molecule has 20 heavy (non-hydrogen) atoms. The van der Waals surface area contributed by atoms with E-state index < -0.39 is 0 Å². The number of hydrogen-bond donors (Lipinski definition) is 3. The summed E-state index contributed by atoms with van der Waals surface area (Å²) in [7, 11) is 0. The maximum atomic E-state index is 9.45. The molecule has 1 aromatic rings. The van der Waals surface area contributed by atoms with E-state index in [1.165, 1.54) is 12.8 Å². The van der Waals surface area contributed by atoms with Crippen LogP contribution in [0.3, 0.4) is 0 Å². The Kier molecular flexibility index (Phi) is 5.06. The first-order chi connectivity index (χ1) is 9.60. The number of anilines is 2.